The van der Waals surface area contributed by atoms with Crippen LogP contribution in [0.2, 0.25) is 0 Å². The third-order valence-electron chi connectivity index (χ3n) is 4.31. The van der Waals surface area contributed by atoms with Crippen molar-refractivity contribution in [1.82, 2.24) is 14.5 Å². The van der Waals surface area contributed by atoms with Crippen LogP contribution in [0, 0.1) is 4.77 Å². The first kappa shape index (κ1) is 19.7. The molecule has 1 aromatic heterocycles. The zero-order valence-electron chi connectivity index (χ0n) is 15.9. The molecule has 0 fully saturated rings. The molecule has 0 spiro atoms. The molecule has 7 heteroatoms. The van der Waals surface area contributed by atoms with Crippen molar-refractivity contribution in [3.8, 4) is 0 Å². The average molecular weight is 395 g/mol. The lowest BCUT2D eigenvalue weighted by Crippen LogP contribution is -2.22. The van der Waals surface area contributed by atoms with Crippen LogP contribution in [0.25, 0.3) is 10.9 Å². The first-order valence-electron chi connectivity index (χ1n) is 8.82. The number of aromatic amines is 1. The Balaban J connectivity index is 1.95. The van der Waals surface area contributed by atoms with Crippen molar-refractivity contribution in [3.63, 3.8) is 0 Å². The fourth-order valence-corrected chi connectivity index (χ4v) is 3.27. The van der Waals surface area contributed by atoms with Gasteiger partial charge in [-0.1, -0.05) is 24.3 Å². The topological polar surface area (TPSA) is 70.1 Å². The Morgan fingerprint density at radius 3 is 2.75 bits per heavy atom. The highest BCUT2D eigenvalue weighted by Gasteiger charge is 2.12. The van der Waals surface area contributed by atoms with Crippen molar-refractivity contribution in [2.45, 2.75) is 13.1 Å². The molecule has 0 aliphatic rings. The van der Waals surface area contributed by atoms with E-state index in [9.17, 15) is 9.59 Å². The van der Waals surface area contributed by atoms with Gasteiger partial charge in [-0.25, -0.2) is 0 Å². The number of nitrogens with one attached hydrogen (secondary N) is 2. The molecule has 0 aliphatic carbocycles. The van der Waals surface area contributed by atoms with Crippen LogP contribution in [0.3, 0.4) is 0 Å². The molecule has 0 bridgehead atoms. The molecular weight excluding hydrogens is 372 g/mol. The van der Waals surface area contributed by atoms with Gasteiger partial charge < -0.3 is 15.2 Å². The zero-order chi connectivity index (χ0) is 20.3. The number of carbonyl (C=O) groups excluding carboxylic acids is 1. The van der Waals surface area contributed by atoms with Gasteiger partial charge >= 0.3 is 0 Å². The molecule has 1 heterocycles. The van der Waals surface area contributed by atoms with Crippen LogP contribution >= 0.6 is 12.2 Å². The van der Waals surface area contributed by atoms with Gasteiger partial charge in [-0.15, -0.1) is 6.58 Å². The summed E-state index contributed by atoms with van der Waals surface area (Å²) in [4.78, 5) is 30.4. The lowest BCUT2D eigenvalue weighted by Gasteiger charge is -2.15. The maximum atomic E-state index is 12.8. The summed E-state index contributed by atoms with van der Waals surface area (Å²) in [5.74, 6) is -0.248. The van der Waals surface area contributed by atoms with E-state index in [1.807, 2.05) is 43.3 Å². The maximum Gasteiger partial charge on any atom is 0.262 e. The number of hydrogen-bond acceptors (Lipinski definition) is 4. The van der Waals surface area contributed by atoms with E-state index in [1.54, 1.807) is 24.3 Å². The number of H-pyrrole nitrogens is 1. The Morgan fingerprint density at radius 1 is 1.29 bits per heavy atom. The van der Waals surface area contributed by atoms with E-state index in [1.165, 1.54) is 4.57 Å². The van der Waals surface area contributed by atoms with Crippen molar-refractivity contribution in [3.05, 3.63) is 81.4 Å². The Hall–Kier alpha value is -3.03. The number of carbonyl (C=O) groups is 1. The molecule has 1 amide bonds. The lowest BCUT2D eigenvalue weighted by atomic mass is 10.1. The van der Waals surface area contributed by atoms with Crippen molar-refractivity contribution in [2.24, 2.45) is 0 Å². The number of aromatic nitrogens is 2. The van der Waals surface area contributed by atoms with Crippen molar-refractivity contribution in [2.75, 3.05) is 19.4 Å². The summed E-state index contributed by atoms with van der Waals surface area (Å²) < 4.78 is 1.73. The van der Waals surface area contributed by atoms with Crippen molar-refractivity contribution < 1.29 is 4.79 Å². The van der Waals surface area contributed by atoms with Gasteiger partial charge in [-0.05, 0) is 56.1 Å². The minimum atomic E-state index is -0.248. The number of amides is 1. The summed E-state index contributed by atoms with van der Waals surface area (Å²) in [6, 6.07) is 12.6. The van der Waals surface area contributed by atoms with Gasteiger partial charge in [0.05, 0.1) is 10.9 Å². The number of hydrogen-bond donors (Lipinski definition) is 2. The van der Waals surface area contributed by atoms with E-state index >= 15 is 0 Å². The smallest absolute Gasteiger partial charge is 0.262 e. The second-order valence-electron chi connectivity index (χ2n) is 6.74. The molecule has 144 valence electrons. The minimum Gasteiger partial charge on any atom is -0.332 e. The molecule has 28 heavy (non-hydrogen) atoms. The van der Waals surface area contributed by atoms with Crippen LogP contribution in [0.1, 0.15) is 15.9 Å². The van der Waals surface area contributed by atoms with E-state index in [2.05, 4.69) is 16.9 Å². The molecule has 2 N–H and O–H groups in total. The van der Waals surface area contributed by atoms with Crippen LogP contribution in [0.15, 0.2) is 59.9 Å². The predicted octanol–water partition coefficient (Wildman–Crippen LogP) is 3.56. The minimum absolute atomic E-state index is 0.207. The molecule has 0 saturated carbocycles. The van der Waals surface area contributed by atoms with Crippen LogP contribution in [-0.2, 0) is 13.1 Å². The molecule has 3 rings (SSSR count). The van der Waals surface area contributed by atoms with E-state index in [0.29, 0.717) is 34.3 Å². The van der Waals surface area contributed by atoms with Gasteiger partial charge in [-0.2, -0.15) is 0 Å². The predicted molar refractivity (Wildman–Crippen MR) is 115 cm³/mol. The van der Waals surface area contributed by atoms with Crippen LogP contribution in [0.4, 0.5) is 5.69 Å². The standard InChI is InChI=1S/C21H22N4O2S/c1-4-11-25-20(27)16-10-9-14(12-18(16)23-21(25)28)19(26)22-17-8-6-5-7-15(17)13-24(2)3/h4-10,12H,1,11,13H2,2-3H3,(H,22,26)(H,23,28). The summed E-state index contributed by atoms with van der Waals surface area (Å²) in [5.41, 5.74) is 2.55. The molecule has 2 aromatic carbocycles. The number of allylic oxidation sites excluding steroid dienone is 1. The first-order valence-corrected chi connectivity index (χ1v) is 9.23. The summed E-state index contributed by atoms with van der Waals surface area (Å²) >= 11 is 5.26. The largest absolute Gasteiger partial charge is 0.332 e. The average Bonchev–Trinajstić information content (AvgIpc) is 2.65. The number of rotatable bonds is 6. The van der Waals surface area contributed by atoms with Crippen molar-refractivity contribution >= 4 is 34.7 Å². The van der Waals surface area contributed by atoms with E-state index in [-0.39, 0.29) is 11.5 Å². The molecule has 0 aliphatic heterocycles. The third-order valence-corrected chi connectivity index (χ3v) is 4.63. The highest BCUT2D eigenvalue weighted by molar-refractivity contribution is 7.71. The second kappa shape index (κ2) is 8.33. The molecule has 6 nitrogen and oxygen atoms in total. The van der Waals surface area contributed by atoms with E-state index < -0.39 is 0 Å². The number of nitrogens with zero attached hydrogens (tertiary/aromatic N) is 2. The van der Waals surface area contributed by atoms with Gasteiger partial charge in [0, 0.05) is 24.3 Å². The fourth-order valence-electron chi connectivity index (χ4n) is 3.01. The molecule has 0 radical (unpaired) electrons. The highest BCUT2D eigenvalue weighted by atomic mass is 32.1. The van der Waals surface area contributed by atoms with Crippen molar-refractivity contribution in [1.29, 1.82) is 0 Å². The first-order chi connectivity index (χ1) is 13.4. The van der Waals surface area contributed by atoms with Gasteiger partial charge in [0.2, 0.25) is 0 Å². The summed E-state index contributed by atoms with van der Waals surface area (Å²) in [6.07, 6.45) is 1.61. The number of anilines is 1. The Morgan fingerprint density at radius 2 is 2.04 bits per heavy atom. The van der Waals surface area contributed by atoms with Gasteiger partial charge in [0.25, 0.3) is 11.5 Å². The third kappa shape index (κ3) is 4.11. The number of benzene rings is 2. The SMILES string of the molecule is C=CCn1c(=S)[nH]c2cc(C(=O)Nc3ccccc3CN(C)C)ccc2c1=O. The Kier molecular flexibility index (Phi) is 5.87. The maximum absolute atomic E-state index is 12.8. The second-order valence-corrected chi connectivity index (χ2v) is 7.13. The molecule has 3 aromatic rings. The molecular formula is C21H22N4O2S. The monoisotopic (exact) mass is 394 g/mol. The normalized spacial score (nSPS) is 11.0. The van der Waals surface area contributed by atoms with E-state index in [0.717, 1.165) is 11.3 Å². The lowest BCUT2D eigenvalue weighted by molar-refractivity contribution is 0.102. The van der Waals surface area contributed by atoms with Crippen LogP contribution in [-0.4, -0.2) is 34.5 Å². The zero-order valence-corrected chi connectivity index (χ0v) is 16.7. The summed E-state index contributed by atoms with van der Waals surface area (Å²) in [5, 5.41) is 3.43. The molecule has 0 saturated heterocycles. The van der Waals surface area contributed by atoms with Crippen LogP contribution in [0.5, 0.6) is 0 Å². The van der Waals surface area contributed by atoms with Gasteiger partial charge in [-0.3, -0.25) is 14.2 Å². The van der Waals surface area contributed by atoms with Crippen LogP contribution < -0.4 is 10.9 Å². The number of para-hydroxylation sites is 1. The quantitative estimate of drug-likeness (QED) is 0.495. The van der Waals surface area contributed by atoms with E-state index in [4.69, 9.17) is 12.2 Å². The Bertz CT molecular complexity index is 1160. The molecule has 0 atom stereocenters. The number of fused-ring (bicyclic) bond motifs is 1. The van der Waals surface area contributed by atoms with Gasteiger partial charge in [0.1, 0.15) is 0 Å². The van der Waals surface area contributed by atoms with Gasteiger partial charge in [0.15, 0.2) is 4.77 Å². The molecule has 0 unspecified atom stereocenters. The summed E-state index contributed by atoms with van der Waals surface area (Å²) in [7, 11) is 3.95. The Labute approximate surface area is 168 Å². The fraction of sp³-hybridized carbons (Fsp3) is 0.190. The summed E-state index contributed by atoms with van der Waals surface area (Å²) in [6.45, 7) is 4.69. The highest BCUT2D eigenvalue weighted by Crippen LogP contribution is 2.18.